The third kappa shape index (κ3) is 5.82. The third-order valence-electron chi connectivity index (χ3n) is 6.75. The summed E-state index contributed by atoms with van der Waals surface area (Å²) in [5.74, 6) is 2.00. The third-order valence-corrected chi connectivity index (χ3v) is 7.60. The van der Waals surface area contributed by atoms with E-state index in [4.69, 9.17) is 14.2 Å². The molecule has 4 aromatic rings. The van der Waals surface area contributed by atoms with Gasteiger partial charge in [0.25, 0.3) is 5.91 Å². The van der Waals surface area contributed by atoms with Crippen LogP contribution in [0.1, 0.15) is 35.0 Å². The number of hydrogen-bond donors (Lipinski definition) is 2. The van der Waals surface area contributed by atoms with Crippen LogP contribution in [0.25, 0.3) is 10.2 Å². The van der Waals surface area contributed by atoms with Crippen LogP contribution in [-0.2, 0) is 24.5 Å². The zero-order valence-corrected chi connectivity index (χ0v) is 22.1. The Morgan fingerprint density at radius 2 is 1.92 bits per heavy atom. The largest absolute Gasteiger partial charge is 0.493 e. The summed E-state index contributed by atoms with van der Waals surface area (Å²) in [6.45, 7) is 6.30. The van der Waals surface area contributed by atoms with Crippen molar-refractivity contribution in [2.24, 2.45) is 5.92 Å². The summed E-state index contributed by atoms with van der Waals surface area (Å²) in [5, 5.41) is 8.54. The summed E-state index contributed by atoms with van der Waals surface area (Å²) in [5.41, 5.74) is 4.32. The maximum atomic E-state index is 13.3. The first kappa shape index (κ1) is 25.3. The van der Waals surface area contributed by atoms with Crippen LogP contribution in [-0.4, -0.2) is 37.3 Å². The van der Waals surface area contributed by atoms with Crippen molar-refractivity contribution in [3.05, 3.63) is 76.8 Å². The van der Waals surface area contributed by atoms with E-state index in [1.807, 2.05) is 58.5 Å². The molecular formula is C29H33N3O4S. The number of benzene rings is 2. The zero-order chi connectivity index (χ0) is 25.6. The smallest absolute Gasteiger partial charge is 0.272 e. The SMILES string of the molecule is CCn1c(C(=O)Nc2cccc(COC)c2COc2ccc(OC[C@@H]3CCNC3)cc2)cc2sccc21. The second-order valence-electron chi connectivity index (χ2n) is 9.20. The first-order valence-electron chi connectivity index (χ1n) is 12.7. The van der Waals surface area contributed by atoms with Gasteiger partial charge >= 0.3 is 0 Å². The molecule has 2 aromatic heterocycles. The average molecular weight is 520 g/mol. The number of rotatable bonds is 11. The topological polar surface area (TPSA) is 73.8 Å². The number of methoxy groups -OCH3 is 1. The van der Waals surface area contributed by atoms with Crippen LogP contribution < -0.4 is 20.1 Å². The van der Waals surface area contributed by atoms with Crippen molar-refractivity contribution >= 4 is 33.1 Å². The highest BCUT2D eigenvalue weighted by molar-refractivity contribution is 7.17. The maximum absolute atomic E-state index is 13.3. The molecule has 1 aliphatic rings. The molecule has 0 radical (unpaired) electrons. The lowest BCUT2D eigenvalue weighted by molar-refractivity contribution is 0.101. The van der Waals surface area contributed by atoms with Crippen molar-refractivity contribution in [1.29, 1.82) is 0 Å². The van der Waals surface area contributed by atoms with Crippen LogP contribution >= 0.6 is 11.3 Å². The number of anilines is 1. The molecule has 2 N–H and O–H groups in total. The molecule has 194 valence electrons. The molecule has 3 heterocycles. The van der Waals surface area contributed by atoms with Gasteiger partial charge in [-0.2, -0.15) is 0 Å². The second kappa shape index (κ2) is 11.8. The predicted octanol–water partition coefficient (Wildman–Crippen LogP) is 5.69. The van der Waals surface area contributed by atoms with E-state index in [0.717, 1.165) is 71.2 Å². The van der Waals surface area contributed by atoms with Gasteiger partial charge < -0.3 is 29.4 Å². The molecule has 1 saturated heterocycles. The van der Waals surface area contributed by atoms with E-state index in [1.54, 1.807) is 18.4 Å². The van der Waals surface area contributed by atoms with Crippen molar-refractivity contribution in [1.82, 2.24) is 9.88 Å². The summed E-state index contributed by atoms with van der Waals surface area (Å²) in [6, 6.07) is 17.6. The highest BCUT2D eigenvalue weighted by atomic mass is 32.1. The monoisotopic (exact) mass is 519 g/mol. The summed E-state index contributed by atoms with van der Waals surface area (Å²) < 4.78 is 20.7. The summed E-state index contributed by atoms with van der Waals surface area (Å²) in [4.78, 5) is 13.3. The van der Waals surface area contributed by atoms with Gasteiger partial charge in [0.2, 0.25) is 0 Å². The van der Waals surface area contributed by atoms with Crippen LogP contribution in [0.2, 0.25) is 0 Å². The fourth-order valence-corrected chi connectivity index (χ4v) is 5.59. The molecule has 0 bridgehead atoms. The van der Waals surface area contributed by atoms with E-state index >= 15 is 0 Å². The van der Waals surface area contributed by atoms with Gasteiger partial charge in [-0.3, -0.25) is 4.79 Å². The van der Waals surface area contributed by atoms with Crippen molar-refractivity contribution in [3.63, 3.8) is 0 Å². The molecule has 37 heavy (non-hydrogen) atoms. The van der Waals surface area contributed by atoms with Gasteiger partial charge in [0.15, 0.2) is 0 Å². The fraction of sp³-hybridized carbons (Fsp3) is 0.345. The number of nitrogens with one attached hydrogen (secondary N) is 2. The minimum atomic E-state index is -0.139. The molecule has 0 aliphatic carbocycles. The number of fused-ring (bicyclic) bond motifs is 1. The standard InChI is InChI=1S/C29H33N3O4S/c1-3-32-26-12-14-37-28(26)15-27(32)29(33)31-25-6-4-5-21(18-34-2)24(25)19-36-23-9-7-22(8-10-23)35-17-20-11-13-30-16-20/h4-10,12,14-15,20,30H,3,11,13,16-19H2,1-2H3,(H,31,33)/t20-/m1/s1. The number of carbonyl (C=O) groups excluding carboxylic acids is 1. The van der Waals surface area contributed by atoms with Crippen LogP contribution in [0.4, 0.5) is 5.69 Å². The Morgan fingerprint density at radius 1 is 1.11 bits per heavy atom. The number of thiophene rings is 1. The molecule has 1 aliphatic heterocycles. The second-order valence-corrected chi connectivity index (χ2v) is 10.2. The number of nitrogens with zero attached hydrogens (tertiary/aromatic N) is 1. The van der Waals surface area contributed by atoms with Gasteiger partial charge in [-0.25, -0.2) is 0 Å². The molecule has 1 fully saturated rings. The quantitative estimate of drug-likeness (QED) is 0.266. The lowest BCUT2D eigenvalue weighted by Crippen LogP contribution is -2.18. The maximum Gasteiger partial charge on any atom is 0.272 e. The van der Waals surface area contributed by atoms with Gasteiger partial charge in [-0.05, 0) is 73.3 Å². The number of amides is 1. The average Bonchev–Trinajstić information content (AvgIpc) is 3.66. The van der Waals surface area contributed by atoms with Crippen molar-refractivity contribution < 1.29 is 19.0 Å². The molecular weight excluding hydrogens is 486 g/mol. The van der Waals surface area contributed by atoms with E-state index < -0.39 is 0 Å². The molecule has 1 atom stereocenters. The van der Waals surface area contributed by atoms with Crippen LogP contribution in [0, 0.1) is 5.92 Å². The Labute approximate surface area is 221 Å². The van der Waals surface area contributed by atoms with Crippen LogP contribution in [0.15, 0.2) is 60.0 Å². The van der Waals surface area contributed by atoms with Gasteiger partial charge in [0, 0.05) is 37.4 Å². The highest BCUT2D eigenvalue weighted by Gasteiger charge is 2.19. The summed E-state index contributed by atoms with van der Waals surface area (Å²) in [6.07, 6.45) is 1.16. The molecule has 7 nitrogen and oxygen atoms in total. The van der Waals surface area contributed by atoms with Crippen molar-refractivity contribution in [3.8, 4) is 11.5 Å². The number of aromatic nitrogens is 1. The minimum absolute atomic E-state index is 0.139. The first-order valence-corrected chi connectivity index (χ1v) is 13.6. The Hall–Kier alpha value is -3.33. The van der Waals surface area contributed by atoms with E-state index in [1.165, 1.54) is 0 Å². The van der Waals surface area contributed by atoms with E-state index in [2.05, 4.69) is 23.6 Å². The Morgan fingerprint density at radius 3 is 2.65 bits per heavy atom. The van der Waals surface area contributed by atoms with Crippen LogP contribution in [0.5, 0.6) is 11.5 Å². The molecule has 0 unspecified atom stereocenters. The van der Waals surface area contributed by atoms with Gasteiger partial charge in [-0.1, -0.05) is 12.1 Å². The fourth-order valence-electron chi connectivity index (χ4n) is 4.76. The summed E-state index contributed by atoms with van der Waals surface area (Å²) >= 11 is 1.64. The Kier molecular flexibility index (Phi) is 8.08. The molecule has 8 heteroatoms. The number of aryl methyl sites for hydroxylation is 1. The number of hydrogen-bond acceptors (Lipinski definition) is 6. The number of carbonyl (C=O) groups is 1. The Bertz CT molecular complexity index is 1340. The first-order chi connectivity index (χ1) is 18.2. The molecule has 0 spiro atoms. The normalized spacial score (nSPS) is 15.2. The van der Waals surface area contributed by atoms with Gasteiger partial charge in [0.05, 0.1) is 23.4 Å². The molecule has 0 saturated carbocycles. The lowest BCUT2D eigenvalue weighted by atomic mass is 10.1. The van der Waals surface area contributed by atoms with Crippen molar-refractivity contribution in [2.45, 2.75) is 33.1 Å². The number of ether oxygens (including phenoxy) is 3. The van der Waals surface area contributed by atoms with Gasteiger partial charge in [-0.15, -0.1) is 11.3 Å². The van der Waals surface area contributed by atoms with Crippen molar-refractivity contribution in [2.75, 3.05) is 32.1 Å². The lowest BCUT2D eigenvalue weighted by Gasteiger charge is -2.17. The molecule has 2 aromatic carbocycles. The van der Waals surface area contributed by atoms with Gasteiger partial charge in [0.1, 0.15) is 23.8 Å². The summed E-state index contributed by atoms with van der Waals surface area (Å²) in [7, 11) is 1.66. The molecule has 1 amide bonds. The van der Waals surface area contributed by atoms with E-state index in [0.29, 0.717) is 24.8 Å². The predicted molar refractivity (Wildman–Crippen MR) is 148 cm³/mol. The zero-order valence-electron chi connectivity index (χ0n) is 21.3. The minimum Gasteiger partial charge on any atom is -0.493 e. The Balaban J connectivity index is 1.29. The van der Waals surface area contributed by atoms with E-state index in [9.17, 15) is 4.79 Å². The highest BCUT2D eigenvalue weighted by Crippen LogP contribution is 2.28. The van der Waals surface area contributed by atoms with Crippen LogP contribution in [0.3, 0.4) is 0 Å². The van der Waals surface area contributed by atoms with E-state index in [-0.39, 0.29) is 5.91 Å². The molecule has 5 rings (SSSR count).